The standard InChI is InChI=1S/C12H13ClN4OS/c1-6(2)9-5-19-12(16-9)17-11(18)7-3-10(14)15-4-8(7)13/h3-6H,1-2H3,(H2,14,15)(H,16,17,18). The second-order valence-electron chi connectivity index (χ2n) is 4.28. The molecule has 0 aliphatic rings. The number of pyridine rings is 1. The molecule has 2 aromatic heterocycles. The fourth-order valence-electron chi connectivity index (χ4n) is 1.40. The number of nitrogens with two attached hydrogens (primary N) is 1. The van der Waals surface area contributed by atoms with Crippen molar-refractivity contribution in [3.8, 4) is 0 Å². The van der Waals surface area contributed by atoms with Crippen LogP contribution in [0.15, 0.2) is 17.6 Å². The van der Waals surface area contributed by atoms with Gasteiger partial charge in [0.15, 0.2) is 5.13 Å². The lowest BCUT2D eigenvalue weighted by Gasteiger charge is -2.04. The summed E-state index contributed by atoms with van der Waals surface area (Å²) in [4.78, 5) is 20.2. The molecule has 0 bridgehead atoms. The Kier molecular flexibility index (Phi) is 4.01. The Labute approximate surface area is 119 Å². The number of rotatable bonds is 3. The van der Waals surface area contributed by atoms with Crippen molar-refractivity contribution in [1.82, 2.24) is 9.97 Å². The molecule has 0 unspecified atom stereocenters. The van der Waals surface area contributed by atoms with Crippen molar-refractivity contribution in [2.75, 3.05) is 11.1 Å². The molecule has 5 nitrogen and oxygen atoms in total. The van der Waals surface area contributed by atoms with Gasteiger partial charge in [0.05, 0.1) is 16.3 Å². The number of carbonyl (C=O) groups excluding carboxylic acids is 1. The summed E-state index contributed by atoms with van der Waals surface area (Å²) in [6.45, 7) is 4.09. The molecule has 19 heavy (non-hydrogen) atoms. The van der Waals surface area contributed by atoms with Crippen LogP contribution in [-0.2, 0) is 0 Å². The SMILES string of the molecule is CC(C)c1csc(NC(=O)c2cc(N)ncc2Cl)n1. The van der Waals surface area contributed by atoms with Crippen LogP contribution >= 0.6 is 22.9 Å². The van der Waals surface area contributed by atoms with Crippen molar-refractivity contribution < 1.29 is 4.79 Å². The molecule has 0 aliphatic carbocycles. The summed E-state index contributed by atoms with van der Waals surface area (Å²) in [6, 6.07) is 1.44. The lowest BCUT2D eigenvalue weighted by molar-refractivity contribution is 0.102. The fourth-order valence-corrected chi connectivity index (χ4v) is 2.46. The first-order chi connectivity index (χ1) is 8.97. The average Bonchev–Trinajstić information content (AvgIpc) is 2.80. The number of carbonyl (C=O) groups is 1. The molecule has 0 atom stereocenters. The molecule has 3 N–H and O–H groups in total. The van der Waals surface area contributed by atoms with Gasteiger partial charge in [0.2, 0.25) is 0 Å². The van der Waals surface area contributed by atoms with E-state index >= 15 is 0 Å². The number of hydrogen-bond donors (Lipinski definition) is 2. The van der Waals surface area contributed by atoms with Crippen molar-refractivity contribution >= 4 is 39.8 Å². The maximum atomic E-state index is 12.1. The average molecular weight is 297 g/mol. The number of nitrogens with zero attached hydrogens (tertiary/aromatic N) is 2. The number of hydrogen-bond acceptors (Lipinski definition) is 5. The molecule has 0 radical (unpaired) electrons. The lowest BCUT2D eigenvalue weighted by atomic mass is 10.2. The molecule has 0 spiro atoms. The van der Waals surface area contributed by atoms with Crippen LogP contribution in [0.3, 0.4) is 0 Å². The topological polar surface area (TPSA) is 80.9 Å². The van der Waals surface area contributed by atoms with Gasteiger partial charge in [0.25, 0.3) is 5.91 Å². The molecule has 0 aromatic carbocycles. The number of thiazole rings is 1. The molecule has 1 amide bonds. The Hall–Kier alpha value is -1.66. The van der Waals surface area contributed by atoms with Crippen LogP contribution in [0.2, 0.25) is 5.02 Å². The second-order valence-corrected chi connectivity index (χ2v) is 5.54. The maximum absolute atomic E-state index is 12.1. The number of amides is 1. The van der Waals surface area contributed by atoms with Gasteiger partial charge in [0.1, 0.15) is 5.82 Å². The van der Waals surface area contributed by atoms with Crippen molar-refractivity contribution in [2.24, 2.45) is 0 Å². The maximum Gasteiger partial charge on any atom is 0.259 e. The van der Waals surface area contributed by atoms with Crippen molar-refractivity contribution in [1.29, 1.82) is 0 Å². The van der Waals surface area contributed by atoms with Gasteiger partial charge in [0, 0.05) is 11.6 Å². The fraction of sp³-hybridized carbons (Fsp3) is 0.250. The van der Waals surface area contributed by atoms with Crippen LogP contribution in [0.25, 0.3) is 0 Å². The minimum absolute atomic E-state index is 0.247. The number of aromatic nitrogens is 2. The van der Waals surface area contributed by atoms with E-state index in [2.05, 4.69) is 15.3 Å². The van der Waals surface area contributed by atoms with Crippen LogP contribution in [0.5, 0.6) is 0 Å². The molecule has 2 aromatic rings. The van der Waals surface area contributed by atoms with E-state index in [0.717, 1.165) is 5.69 Å². The van der Waals surface area contributed by atoms with Gasteiger partial charge in [-0.15, -0.1) is 11.3 Å². The van der Waals surface area contributed by atoms with Gasteiger partial charge in [-0.05, 0) is 12.0 Å². The minimum Gasteiger partial charge on any atom is -0.384 e. The van der Waals surface area contributed by atoms with Gasteiger partial charge >= 0.3 is 0 Å². The van der Waals surface area contributed by atoms with Crippen LogP contribution in [0, 0.1) is 0 Å². The highest BCUT2D eigenvalue weighted by Crippen LogP contribution is 2.23. The zero-order valence-corrected chi connectivity index (χ0v) is 12.0. The van der Waals surface area contributed by atoms with E-state index in [0.29, 0.717) is 11.0 Å². The van der Waals surface area contributed by atoms with Crippen molar-refractivity contribution in [3.63, 3.8) is 0 Å². The summed E-state index contributed by atoms with van der Waals surface area (Å²) < 4.78 is 0. The van der Waals surface area contributed by atoms with Crippen LogP contribution in [0.1, 0.15) is 35.8 Å². The van der Waals surface area contributed by atoms with E-state index in [1.54, 1.807) is 0 Å². The van der Waals surface area contributed by atoms with E-state index < -0.39 is 0 Å². The summed E-state index contributed by atoms with van der Waals surface area (Å²) in [5.41, 5.74) is 6.77. The van der Waals surface area contributed by atoms with Gasteiger partial charge in [-0.3, -0.25) is 10.1 Å². The molecule has 0 aliphatic heterocycles. The predicted molar refractivity (Wildman–Crippen MR) is 77.8 cm³/mol. The second kappa shape index (κ2) is 5.54. The number of nitrogens with one attached hydrogen (secondary N) is 1. The lowest BCUT2D eigenvalue weighted by Crippen LogP contribution is -2.13. The van der Waals surface area contributed by atoms with E-state index in [4.69, 9.17) is 17.3 Å². The third-order valence-corrected chi connectivity index (χ3v) is 3.53. The molecular weight excluding hydrogens is 284 g/mol. The summed E-state index contributed by atoms with van der Waals surface area (Å²) >= 11 is 7.29. The van der Waals surface area contributed by atoms with Crippen LogP contribution in [-0.4, -0.2) is 15.9 Å². The van der Waals surface area contributed by atoms with Gasteiger partial charge < -0.3 is 5.73 Å². The molecule has 2 rings (SSSR count). The third-order valence-electron chi connectivity index (χ3n) is 2.46. The number of nitrogen functional groups attached to an aromatic ring is 1. The van der Waals surface area contributed by atoms with Gasteiger partial charge in [-0.25, -0.2) is 9.97 Å². The number of anilines is 2. The van der Waals surface area contributed by atoms with E-state index in [-0.39, 0.29) is 22.3 Å². The molecule has 7 heteroatoms. The Morgan fingerprint density at radius 3 is 2.89 bits per heavy atom. The Balaban J connectivity index is 2.18. The molecular formula is C12H13ClN4OS. The monoisotopic (exact) mass is 296 g/mol. The normalized spacial score (nSPS) is 10.7. The van der Waals surface area contributed by atoms with Crippen LogP contribution in [0.4, 0.5) is 10.9 Å². The van der Waals surface area contributed by atoms with Gasteiger partial charge in [-0.1, -0.05) is 25.4 Å². The summed E-state index contributed by atoms with van der Waals surface area (Å²) in [7, 11) is 0. The smallest absolute Gasteiger partial charge is 0.259 e. The Morgan fingerprint density at radius 1 is 1.53 bits per heavy atom. The van der Waals surface area contributed by atoms with Crippen LogP contribution < -0.4 is 11.1 Å². The quantitative estimate of drug-likeness (QED) is 0.911. The molecule has 100 valence electrons. The number of halogens is 1. The third kappa shape index (κ3) is 3.21. The van der Waals surface area contributed by atoms with E-state index in [1.807, 2.05) is 19.2 Å². The minimum atomic E-state index is -0.344. The van der Waals surface area contributed by atoms with E-state index in [9.17, 15) is 4.79 Å². The Bertz CT molecular complexity index is 612. The summed E-state index contributed by atoms with van der Waals surface area (Å²) in [5.74, 6) is 0.224. The highest BCUT2D eigenvalue weighted by Gasteiger charge is 2.14. The van der Waals surface area contributed by atoms with E-state index in [1.165, 1.54) is 23.6 Å². The first-order valence-corrected chi connectivity index (χ1v) is 6.91. The molecule has 0 fully saturated rings. The zero-order valence-electron chi connectivity index (χ0n) is 10.5. The first-order valence-electron chi connectivity index (χ1n) is 5.65. The highest BCUT2D eigenvalue weighted by atomic mass is 35.5. The highest BCUT2D eigenvalue weighted by molar-refractivity contribution is 7.14. The van der Waals surface area contributed by atoms with Crippen molar-refractivity contribution in [3.05, 3.63) is 33.9 Å². The summed E-state index contributed by atoms with van der Waals surface area (Å²) in [5, 5.41) is 5.42. The first kappa shape index (κ1) is 13.8. The predicted octanol–water partition coefficient (Wildman–Crippen LogP) is 3.15. The molecule has 2 heterocycles. The van der Waals surface area contributed by atoms with Gasteiger partial charge in [-0.2, -0.15) is 0 Å². The largest absolute Gasteiger partial charge is 0.384 e. The molecule has 0 saturated carbocycles. The molecule has 0 saturated heterocycles. The summed E-state index contributed by atoms with van der Waals surface area (Å²) in [6.07, 6.45) is 1.35. The zero-order chi connectivity index (χ0) is 14.0. The Morgan fingerprint density at radius 2 is 2.26 bits per heavy atom. The van der Waals surface area contributed by atoms with Crippen molar-refractivity contribution in [2.45, 2.75) is 19.8 Å².